The first kappa shape index (κ1) is 26.1. The van der Waals surface area contributed by atoms with Crippen molar-refractivity contribution in [2.24, 2.45) is 11.0 Å². The van der Waals surface area contributed by atoms with E-state index in [2.05, 4.69) is 5.43 Å². The van der Waals surface area contributed by atoms with Crippen LogP contribution in [0, 0.1) is 5.92 Å². The summed E-state index contributed by atoms with van der Waals surface area (Å²) in [7, 11) is 1.67. The number of carbonyl (C=O) groups excluding carboxylic acids is 1. The van der Waals surface area contributed by atoms with E-state index >= 15 is 0 Å². The van der Waals surface area contributed by atoms with E-state index in [1.54, 1.807) is 24.3 Å². The molecule has 0 spiro atoms. The number of halogens is 4. The van der Waals surface area contributed by atoms with Crippen LogP contribution in [0.1, 0.15) is 31.4 Å². The van der Waals surface area contributed by atoms with E-state index in [0.717, 1.165) is 24.9 Å². The third-order valence-corrected chi connectivity index (χ3v) is 6.76. The number of methoxy groups -OCH3 is 1. The summed E-state index contributed by atoms with van der Waals surface area (Å²) < 4.78 is 5.30. The number of hydrazone groups is 1. The Morgan fingerprint density at radius 3 is 2.52 bits per heavy atom. The first-order chi connectivity index (χ1) is 15.4. The number of benzene rings is 2. The van der Waals surface area contributed by atoms with Crippen LogP contribution in [0.5, 0.6) is 0 Å². The fraction of sp³-hybridized carbons (Fsp3) is 0.391. The Balaban J connectivity index is 0.00000306. The molecule has 2 aromatic rings. The lowest BCUT2D eigenvalue weighted by Gasteiger charge is -2.28. The summed E-state index contributed by atoms with van der Waals surface area (Å²) in [6, 6.07) is 12.8. The van der Waals surface area contributed by atoms with Gasteiger partial charge in [0, 0.05) is 29.6 Å². The molecule has 0 aromatic heterocycles. The number of hydrazine groups is 1. The van der Waals surface area contributed by atoms with Crippen molar-refractivity contribution >= 4 is 64.5 Å². The summed E-state index contributed by atoms with van der Waals surface area (Å²) in [4.78, 5) is 13.3. The third-order valence-electron chi connectivity index (χ3n) is 5.97. The molecule has 1 amide bonds. The molecule has 2 heterocycles. The molecule has 0 aliphatic carbocycles. The number of nitrogens with one attached hydrogen (secondary N) is 1. The van der Waals surface area contributed by atoms with Gasteiger partial charge in [0.15, 0.2) is 0 Å². The Bertz CT molecular complexity index is 1020. The van der Waals surface area contributed by atoms with Crippen LogP contribution >= 0.6 is 47.2 Å². The second-order valence-electron chi connectivity index (χ2n) is 8.10. The fourth-order valence-electron chi connectivity index (χ4n) is 4.38. The van der Waals surface area contributed by atoms with Gasteiger partial charge in [0.25, 0.3) is 5.91 Å². The number of carbonyl (C=O) groups is 1. The smallest absolute Gasteiger partial charge is 0.282 e. The van der Waals surface area contributed by atoms with Crippen molar-refractivity contribution in [2.75, 3.05) is 25.3 Å². The van der Waals surface area contributed by atoms with Gasteiger partial charge in [-0.1, -0.05) is 53.9 Å². The van der Waals surface area contributed by atoms with Gasteiger partial charge in [-0.2, -0.15) is 5.10 Å². The summed E-state index contributed by atoms with van der Waals surface area (Å²) in [6.45, 7) is 3.36. The standard InChI is InChI=1S/C23H25Cl3N4O2.ClH/c1-14-21(23(31)28-29-11-3-4-18(29)13-32-2)27-30(20-10-9-17(25)12-19(20)26)22(14)15-5-7-16(24)8-6-15;/h5-10,12,14,18,22H,3-4,11,13H2,1-2H3,(H,28,31);1H/t14-,18?,22+;/m1./s1. The molecule has 10 heteroatoms. The number of nitrogens with zero attached hydrogens (tertiary/aromatic N) is 3. The zero-order valence-corrected chi connectivity index (χ0v) is 21.4. The van der Waals surface area contributed by atoms with E-state index in [0.29, 0.717) is 33.1 Å². The second kappa shape index (κ2) is 11.3. The molecule has 178 valence electrons. The van der Waals surface area contributed by atoms with Gasteiger partial charge in [0.2, 0.25) is 0 Å². The van der Waals surface area contributed by atoms with Gasteiger partial charge >= 0.3 is 0 Å². The topological polar surface area (TPSA) is 57.2 Å². The number of ether oxygens (including phenoxy) is 1. The van der Waals surface area contributed by atoms with Crippen LogP contribution in [0.4, 0.5) is 5.69 Å². The van der Waals surface area contributed by atoms with Crippen LogP contribution in [0.3, 0.4) is 0 Å². The van der Waals surface area contributed by atoms with Crippen LogP contribution in [0.25, 0.3) is 0 Å². The summed E-state index contributed by atoms with van der Waals surface area (Å²) in [5.41, 5.74) is 5.16. The molecule has 2 aromatic carbocycles. The molecule has 2 aliphatic heterocycles. The maximum absolute atomic E-state index is 13.3. The lowest BCUT2D eigenvalue weighted by Crippen LogP contribution is -2.49. The molecule has 0 radical (unpaired) electrons. The molecule has 2 aliphatic rings. The quantitative estimate of drug-likeness (QED) is 0.514. The summed E-state index contributed by atoms with van der Waals surface area (Å²) >= 11 is 18.7. The maximum Gasteiger partial charge on any atom is 0.282 e. The Kier molecular flexibility index (Phi) is 8.89. The lowest BCUT2D eigenvalue weighted by molar-refractivity contribution is -0.120. The summed E-state index contributed by atoms with van der Waals surface area (Å²) in [5.74, 6) is -0.404. The molecule has 6 nitrogen and oxygen atoms in total. The van der Waals surface area contributed by atoms with Gasteiger partial charge < -0.3 is 4.74 Å². The molecule has 3 atom stereocenters. The van der Waals surface area contributed by atoms with E-state index in [1.165, 1.54) is 0 Å². The molecular weight excluding hydrogens is 506 g/mol. The summed E-state index contributed by atoms with van der Waals surface area (Å²) in [5, 5.41) is 10.1. The zero-order chi connectivity index (χ0) is 22.8. The van der Waals surface area contributed by atoms with Crippen LogP contribution in [-0.2, 0) is 9.53 Å². The SMILES string of the molecule is COCC1CCCN1NC(=O)C1=NN(c2ccc(Cl)cc2Cl)[C@H](c2ccc(Cl)cc2)[C@@H]1C.Cl. The predicted octanol–water partition coefficient (Wildman–Crippen LogP) is 5.76. The van der Waals surface area contributed by atoms with E-state index < -0.39 is 0 Å². The van der Waals surface area contributed by atoms with Crippen LogP contribution in [-0.4, -0.2) is 42.9 Å². The number of hydrogen-bond acceptors (Lipinski definition) is 5. The van der Waals surface area contributed by atoms with Crippen molar-refractivity contribution in [3.05, 3.63) is 63.1 Å². The van der Waals surface area contributed by atoms with E-state index in [-0.39, 0.29) is 36.3 Å². The molecular formula is C23H26Cl4N4O2. The van der Waals surface area contributed by atoms with Gasteiger partial charge in [0.1, 0.15) is 5.71 Å². The molecule has 1 fully saturated rings. The van der Waals surface area contributed by atoms with Gasteiger partial charge in [-0.05, 0) is 48.7 Å². The van der Waals surface area contributed by atoms with E-state index in [9.17, 15) is 4.79 Å². The molecule has 0 bridgehead atoms. The molecule has 0 saturated carbocycles. The van der Waals surface area contributed by atoms with Crippen LogP contribution in [0.15, 0.2) is 47.6 Å². The minimum atomic E-state index is -0.222. The second-order valence-corrected chi connectivity index (χ2v) is 9.38. The Hall–Kier alpha value is -1.54. The Morgan fingerprint density at radius 2 is 1.85 bits per heavy atom. The first-order valence-corrected chi connectivity index (χ1v) is 11.7. The monoisotopic (exact) mass is 530 g/mol. The molecule has 1 saturated heterocycles. The third kappa shape index (κ3) is 5.59. The van der Waals surface area contributed by atoms with Gasteiger partial charge in [-0.25, -0.2) is 5.01 Å². The first-order valence-electron chi connectivity index (χ1n) is 10.5. The molecule has 33 heavy (non-hydrogen) atoms. The highest BCUT2D eigenvalue weighted by Crippen LogP contribution is 2.42. The average molecular weight is 532 g/mol. The van der Waals surface area contributed by atoms with Crippen molar-refractivity contribution < 1.29 is 9.53 Å². The normalized spacial score (nSPS) is 22.8. The van der Waals surface area contributed by atoms with Gasteiger partial charge in [-0.3, -0.25) is 15.2 Å². The van der Waals surface area contributed by atoms with Crippen molar-refractivity contribution in [1.29, 1.82) is 0 Å². The van der Waals surface area contributed by atoms with Gasteiger partial charge in [0.05, 0.1) is 29.4 Å². The average Bonchev–Trinajstić information content (AvgIpc) is 3.33. The predicted molar refractivity (Wildman–Crippen MR) is 137 cm³/mol. The number of rotatable bonds is 6. The maximum atomic E-state index is 13.3. The van der Waals surface area contributed by atoms with Crippen LogP contribution < -0.4 is 10.4 Å². The van der Waals surface area contributed by atoms with E-state index in [4.69, 9.17) is 44.6 Å². The van der Waals surface area contributed by atoms with Crippen molar-refractivity contribution in [3.8, 4) is 0 Å². The van der Waals surface area contributed by atoms with Crippen molar-refractivity contribution in [2.45, 2.75) is 31.8 Å². The minimum Gasteiger partial charge on any atom is -0.383 e. The summed E-state index contributed by atoms with van der Waals surface area (Å²) in [6.07, 6.45) is 1.99. The minimum absolute atomic E-state index is 0. The number of anilines is 1. The highest BCUT2D eigenvalue weighted by Gasteiger charge is 2.41. The molecule has 1 unspecified atom stereocenters. The Morgan fingerprint density at radius 1 is 1.15 bits per heavy atom. The number of amides is 1. The fourth-order valence-corrected chi connectivity index (χ4v) is 5.00. The van der Waals surface area contributed by atoms with Gasteiger partial charge in [-0.15, -0.1) is 12.4 Å². The highest BCUT2D eigenvalue weighted by molar-refractivity contribution is 6.41. The number of hydrogen-bond donors (Lipinski definition) is 1. The zero-order valence-electron chi connectivity index (χ0n) is 18.3. The van der Waals surface area contributed by atoms with E-state index in [1.807, 2.05) is 42.3 Å². The highest BCUT2D eigenvalue weighted by atomic mass is 35.5. The van der Waals surface area contributed by atoms with Crippen molar-refractivity contribution in [1.82, 2.24) is 10.4 Å². The van der Waals surface area contributed by atoms with Crippen LogP contribution in [0.2, 0.25) is 15.1 Å². The molecule has 1 N–H and O–H groups in total. The Labute approximate surface area is 215 Å². The lowest BCUT2D eigenvalue weighted by atomic mass is 9.91. The largest absolute Gasteiger partial charge is 0.383 e. The van der Waals surface area contributed by atoms with Crippen molar-refractivity contribution in [3.63, 3.8) is 0 Å². The molecule has 4 rings (SSSR count).